The predicted molar refractivity (Wildman–Crippen MR) is 49.6 cm³/mol. The van der Waals surface area contributed by atoms with E-state index in [1.165, 1.54) is 5.56 Å². The van der Waals surface area contributed by atoms with Gasteiger partial charge in [-0.15, -0.1) is 0 Å². The van der Waals surface area contributed by atoms with Crippen LogP contribution in [0, 0.1) is 0 Å². The molecule has 1 aromatic carbocycles. The standard InChI is InChI=1S/C11H13F/c1-10(9-12)7-8-11-5-3-2-4-6-11/h2-6,9H,7-8H2,1H3/b10-9+. The van der Waals surface area contributed by atoms with Crippen molar-refractivity contribution in [3.63, 3.8) is 0 Å². The van der Waals surface area contributed by atoms with Crippen LogP contribution in [0.15, 0.2) is 42.2 Å². The molecule has 0 saturated heterocycles. The topological polar surface area (TPSA) is 0 Å². The molecule has 12 heavy (non-hydrogen) atoms. The molecule has 0 bridgehead atoms. The molecule has 1 aromatic rings. The van der Waals surface area contributed by atoms with Gasteiger partial charge >= 0.3 is 0 Å². The van der Waals surface area contributed by atoms with Crippen LogP contribution in [-0.4, -0.2) is 0 Å². The number of benzene rings is 1. The fourth-order valence-corrected chi connectivity index (χ4v) is 1.04. The lowest BCUT2D eigenvalue weighted by Crippen LogP contribution is -1.84. The molecule has 0 saturated carbocycles. The highest BCUT2D eigenvalue weighted by Gasteiger charge is 1.92. The highest BCUT2D eigenvalue weighted by molar-refractivity contribution is 5.15. The van der Waals surface area contributed by atoms with E-state index in [1.807, 2.05) is 25.1 Å². The van der Waals surface area contributed by atoms with Gasteiger partial charge in [0.05, 0.1) is 6.33 Å². The summed E-state index contributed by atoms with van der Waals surface area (Å²) in [6, 6.07) is 10.1. The Labute approximate surface area is 72.7 Å². The molecule has 0 amide bonds. The van der Waals surface area contributed by atoms with E-state index in [0.29, 0.717) is 6.33 Å². The van der Waals surface area contributed by atoms with Crippen LogP contribution >= 0.6 is 0 Å². The fourth-order valence-electron chi connectivity index (χ4n) is 1.04. The zero-order chi connectivity index (χ0) is 8.81. The van der Waals surface area contributed by atoms with Gasteiger partial charge < -0.3 is 0 Å². The van der Waals surface area contributed by atoms with E-state index in [1.54, 1.807) is 0 Å². The molecule has 0 aliphatic heterocycles. The minimum atomic E-state index is 0.683. The Bertz CT molecular complexity index is 249. The Kier molecular flexibility index (Phi) is 3.52. The van der Waals surface area contributed by atoms with Crippen LogP contribution in [-0.2, 0) is 6.42 Å². The minimum absolute atomic E-state index is 0.683. The maximum absolute atomic E-state index is 11.9. The number of halogens is 1. The molecule has 64 valence electrons. The van der Waals surface area contributed by atoms with Crippen LogP contribution in [0.3, 0.4) is 0 Å². The first-order valence-electron chi connectivity index (χ1n) is 4.12. The highest BCUT2D eigenvalue weighted by atomic mass is 19.1. The molecule has 0 N–H and O–H groups in total. The first-order chi connectivity index (χ1) is 5.83. The van der Waals surface area contributed by atoms with Crippen molar-refractivity contribution < 1.29 is 4.39 Å². The lowest BCUT2D eigenvalue weighted by molar-refractivity contribution is 0.698. The van der Waals surface area contributed by atoms with E-state index in [0.717, 1.165) is 18.4 Å². The van der Waals surface area contributed by atoms with Crippen molar-refractivity contribution in [2.75, 3.05) is 0 Å². The molecule has 1 rings (SSSR count). The molecule has 0 aromatic heterocycles. The summed E-state index contributed by atoms with van der Waals surface area (Å²) in [5.74, 6) is 0. The molecular formula is C11H13F. The van der Waals surface area contributed by atoms with Crippen LogP contribution in [0.2, 0.25) is 0 Å². The predicted octanol–water partition coefficient (Wildman–Crippen LogP) is 3.49. The molecule has 0 nitrogen and oxygen atoms in total. The Morgan fingerprint density at radius 2 is 2.00 bits per heavy atom. The number of hydrogen-bond acceptors (Lipinski definition) is 0. The molecule has 0 aliphatic rings. The number of allylic oxidation sites excluding steroid dienone is 1. The van der Waals surface area contributed by atoms with Crippen molar-refractivity contribution in [2.24, 2.45) is 0 Å². The average Bonchev–Trinajstić information content (AvgIpc) is 2.16. The van der Waals surface area contributed by atoms with Gasteiger partial charge in [-0.1, -0.05) is 30.3 Å². The largest absolute Gasteiger partial charge is 0.216 e. The molecule has 1 heteroatoms. The normalized spacial score (nSPS) is 11.7. The Balaban J connectivity index is 2.44. The summed E-state index contributed by atoms with van der Waals surface area (Å²) >= 11 is 0. The zero-order valence-corrected chi connectivity index (χ0v) is 7.26. The third-order valence-electron chi connectivity index (χ3n) is 1.84. The molecule has 0 aliphatic carbocycles. The van der Waals surface area contributed by atoms with Crippen LogP contribution in [0.1, 0.15) is 18.9 Å². The van der Waals surface area contributed by atoms with Crippen LogP contribution < -0.4 is 0 Å². The van der Waals surface area contributed by atoms with Gasteiger partial charge in [0.15, 0.2) is 0 Å². The quantitative estimate of drug-likeness (QED) is 0.641. The summed E-state index contributed by atoms with van der Waals surface area (Å²) in [6.45, 7) is 1.81. The molecule has 0 radical (unpaired) electrons. The van der Waals surface area contributed by atoms with E-state index < -0.39 is 0 Å². The second-order valence-corrected chi connectivity index (χ2v) is 2.94. The third-order valence-corrected chi connectivity index (χ3v) is 1.84. The first kappa shape index (κ1) is 8.98. The van der Waals surface area contributed by atoms with Crippen molar-refractivity contribution in [1.29, 1.82) is 0 Å². The summed E-state index contributed by atoms with van der Waals surface area (Å²) in [6.07, 6.45) is 2.41. The van der Waals surface area contributed by atoms with Crippen molar-refractivity contribution in [3.8, 4) is 0 Å². The van der Waals surface area contributed by atoms with Crippen LogP contribution in [0.5, 0.6) is 0 Å². The van der Waals surface area contributed by atoms with Gasteiger partial charge in [0.1, 0.15) is 0 Å². The maximum Gasteiger partial charge on any atom is 0.0856 e. The van der Waals surface area contributed by atoms with Crippen molar-refractivity contribution in [3.05, 3.63) is 47.8 Å². The Hall–Kier alpha value is -1.11. The molecule has 0 fully saturated rings. The van der Waals surface area contributed by atoms with Gasteiger partial charge in [0.25, 0.3) is 0 Å². The van der Waals surface area contributed by atoms with Crippen molar-refractivity contribution in [1.82, 2.24) is 0 Å². The highest BCUT2D eigenvalue weighted by Crippen LogP contribution is 2.08. The summed E-state index contributed by atoms with van der Waals surface area (Å²) in [5.41, 5.74) is 2.07. The number of aryl methyl sites for hydroxylation is 1. The van der Waals surface area contributed by atoms with Crippen LogP contribution in [0.25, 0.3) is 0 Å². The van der Waals surface area contributed by atoms with E-state index >= 15 is 0 Å². The van der Waals surface area contributed by atoms with Crippen molar-refractivity contribution in [2.45, 2.75) is 19.8 Å². The van der Waals surface area contributed by atoms with Gasteiger partial charge in [-0.25, -0.2) is 4.39 Å². The van der Waals surface area contributed by atoms with Crippen molar-refractivity contribution >= 4 is 0 Å². The van der Waals surface area contributed by atoms with Gasteiger partial charge in [-0.3, -0.25) is 0 Å². The summed E-state index contributed by atoms with van der Waals surface area (Å²) in [7, 11) is 0. The second kappa shape index (κ2) is 4.70. The SMILES string of the molecule is C/C(=C\F)CCc1ccccc1. The fraction of sp³-hybridized carbons (Fsp3) is 0.273. The molecular weight excluding hydrogens is 151 g/mol. The molecule has 0 spiro atoms. The number of rotatable bonds is 3. The van der Waals surface area contributed by atoms with E-state index in [4.69, 9.17) is 0 Å². The van der Waals surface area contributed by atoms with E-state index in [2.05, 4.69) is 12.1 Å². The third kappa shape index (κ3) is 2.87. The van der Waals surface area contributed by atoms with E-state index in [-0.39, 0.29) is 0 Å². The average molecular weight is 164 g/mol. The minimum Gasteiger partial charge on any atom is -0.216 e. The van der Waals surface area contributed by atoms with Crippen LogP contribution in [0.4, 0.5) is 4.39 Å². The van der Waals surface area contributed by atoms with Gasteiger partial charge in [0, 0.05) is 0 Å². The monoisotopic (exact) mass is 164 g/mol. The lowest BCUT2D eigenvalue weighted by Gasteiger charge is -1.99. The van der Waals surface area contributed by atoms with E-state index in [9.17, 15) is 4.39 Å². The Morgan fingerprint density at radius 3 is 2.58 bits per heavy atom. The zero-order valence-electron chi connectivity index (χ0n) is 7.26. The summed E-state index contributed by atoms with van der Waals surface area (Å²) in [4.78, 5) is 0. The maximum atomic E-state index is 11.9. The second-order valence-electron chi connectivity index (χ2n) is 2.94. The lowest BCUT2D eigenvalue weighted by atomic mass is 10.1. The van der Waals surface area contributed by atoms with Gasteiger partial charge in [0.2, 0.25) is 0 Å². The first-order valence-corrected chi connectivity index (χ1v) is 4.12. The molecule has 0 atom stereocenters. The van der Waals surface area contributed by atoms with Gasteiger partial charge in [-0.05, 0) is 30.9 Å². The smallest absolute Gasteiger partial charge is 0.0856 e. The molecule has 0 heterocycles. The number of hydrogen-bond donors (Lipinski definition) is 0. The Morgan fingerprint density at radius 1 is 1.33 bits per heavy atom. The summed E-state index contributed by atoms with van der Waals surface area (Å²) < 4.78 is 11.9. The van der Waals surface area contributed by atoms with Gasteiger partial charge in [-0.2, -0.15) is 0 Å². The molecule has 0 unspecified atom stereocenters. The summed E-state index contributed by atoms with van der Waals surface area (Å²) in [5, 5.41) is 0.